The number of benzene rings is 2. The molecule has 7 heteroatoms. The summed E-state index contributed by atoms with van der Waals surface area (Å²) < 4.78 is 15.8. The number of carbonyl (C=O) groups excluding carboxylic acids is 1. The van der Waals surface area contributed by atoms with Crippen LogP contribution in [0.5, 0.6) is 11.5 Å². The van der Waals surface area contributed by atoms with Crippen molar-refractivity contribution in [2.45, 2.75) is 0 Å². The molecule has 120 valence electrons. The van der Waals surface area contributed by atoms with Gasteiger partial charge in [0.05, 0.1) is 10.6 Å². The molecule has 4 rings (SSSR count). The van der Waals surface area contributed by atoms with Gasteiger partial charge in [-0.1, -0.05) is 29.3 Å². The molecule has 0 fully saturated rings. The molecule has 0 saturated heterocycles. The van der Waals surface area contributed by atoms with E-state index in [0.29, 0.717) is 27.1 Å². The van der Waals surface area contributed by atoms with E-state index in [9.17, 15) is 4.79 Å². The number of fused-ring (bicyclic) bond motifs is 1. The van der Waals surface area contributed by atoms with Crippen LogP contribution >= 0.6 is 23.2 Å². The van der Waals surface area contributed by atoms with E-state index in [2.05, 4.69) is 4.99 Å². The van der Waals surface area contributed by atoms with E-state index in [-0.39, 0.29) is 18.4 Å². The van der Waals surface area contributed by atoms with Gasteiger partial charge < -0.3 is 14.2 Å². The summed E-state index contributed by atoms with van der Waals surface area (Å²) in [6.07, 6.45) is 1.61. The molecule has 0 N–H and O–H groups in total. The van der Waals surface area contributed by atoms with Crippen LogP contribution in [0.25, 0.3) is 6.08 Å². The normalized spacial score (nSPS) is 17.2. The van der Waals surface area contributed by atoms with Crippen molar-refractivity contribution in [1.82, 2.24) is 0 Å². The van der Waals surface area contributed by atoms with E-state index in [0.717, 1.165) is 5.56 Å². The van der Waals surface area contributed by atoms with Crippen molar-refractivity contribution in [1.29, 1.82) is 0 Å². The Morgan fingerprint density at radius 2 is 1.88 bits per heavy atom. The molecule has 2 aromatic rings. The summed E-state index contributed by atoms with van der Waals surface area (Å²) in [6.45, 7) is 0.187. The molecule has 2 aliphatic heterocycles. The Bertz CT molecular complexity index is 921. The Hall–Kier alpha value is -2.50. The van der Waals surface area contributed by atoms with Crippen molar-refractivity contribution in [3.05, 3.63) is 63.3 Å². The van der Waals surface area contributed by atoms with Gasteiger partial charge in [-0.2, -0.15) is 0 Å². The molecule has 0 bridgehead atoms. The van der Waals surface area contributed by atoms with Gasteiger partial charge in [0.15, 0.2) is 17.2 Å². The highest BCUT2D eigenvalue weighted by molar-refractivity contribution is 6.36. The number of hydrogen-bond acceptors (Lipinski definition) is 5. The lowest BCUT2D eigenvalue weighted by Gasteiger charge is -2.02. The summed E-state index contributed by atoms with van der Waals surface area (Å²) in [5, 5.41) is 0.872. The van der Waals surface area contributed by atoms with Crippen LogP contribution < -0.4 is 9.47 Å². The lowest BCUT2D eigenvalue weighted by Crippen LogP contribution is -2.06. The van der Waals surface area contributed by atoms with Crippen LogP contribution in [0.1, 0.15) is 11.1 Å². The highest BCUT2D eigenvalue weighted by atomic mass is 35.5. The van der Waals surface area contributed by atoms with Crippen molar-refractivity contribution in [3.63, 3.8) is 0 Å². The van der Waals surface area contributed by atoms with Crippen LogP contribution in [0.15, 0.2) is 47.1 Å². The van der Waals surface area contributed by atoms with Crippen LogP contribution in [-0.2, 0) is 9.53 Å². The van der Waals surface area contributed by atoms with Crippen molar-refractivity contribution in [2.75, 3.05) is 6.79 Å². The second-order valence-corrected chi connectivity index (χ2v) is 5.92. The Morgan fingerprint density at radius 3 is 2.75 bits per heavy atom. The van der Waals surface area contributed by atoms with E-state index in [4.69, 9.17) is 37.4 Å². The van der Waals surface area contributed by atoms with Crippen LogP contribution in [-0.4, -0.2) is 18.7 Å². The first-order chi connectivity index (χ1) is 11.6. The zero-order valence-corrected chi connectivity index (χ0v) is 13.6. The van der Waals surface area contributed by atoms with Gasteiger partial charge in [-0.15, -0.1) is 0 Å². The van der Waals surface area contributed by atoms with Gasteiger partial charge in [-0.05, 0) is 42.0 Å². The summed E-state index contributed by atoms with van der Waals surface area (Å²) in [6, 6.07) is 10.2. The fraction of sp³-hybridized carbons (Fsp3) is 0.0588. The van der Waals surface area contributed by atoms with Crippen LogP contribution in [0.4, 0.5) is 0 Å². The summed E-state index contributed by atoms with van der Waals surface area (Å²) in [5.41, 5.74) is 1.37. The van der Waals surface area contributed by atoms with Crippen LogP contribution in [0.3, 0.4) is 0 Å². The Labute approximate surface area is 147 Å². The minimum atomic E-state index is -0.557. The molecule has 0 aliphatic carbocycles. The molecule has 0 aromatic heterocycles. The third-order valence-corrected chi connectivity index (χ3v) is 4.04. The Kier molecular flexibility index (Phi) is 3.67. The summed E-state index contributed by atoms with van der Waals surface area (Å²) in [7, 11) is 0. The lowest BCUT2D eigenvalue weighted by atomic mass is 10.1. The number of rotatable bonds is 2. The number of nitrogens with zero attached hydrogens (tertiary/aromatic N) is 1. The van der Waals surface area contributed by atoms with Crippen molar-refractivity contribution >= 4 is 41.1 Å². The molecule has 2 aliphatic rings. The fourth-order valence-corrected chi connectivity index (χ4v) is 2.72. The standard InChI is InChI=1S/C17H9Cl2NO4/c18-10-2-3-12(19)11(7-10)16-20-13(17(21)24-16)5-9-1-4-14-15(6-9)23-8-22-14/h1-7H,8H2. The first-order valence-corrected chi connectivity index (χ1v) is 7.73. The van der Waals surface area contributed by atoms with E-state index < -0.39 is 5.97 Å². The molecule has 24 heavy (non-hydrogen) atoms. The molecule has 0 unspecified atom stereocenters. The van der Waals surface area contributed by atoms with E-state index in [1.807, 2.05) is 0 Å². The molecule has 0 amide bonds. The molecular formula is C17H9Cl2NO4. The smallest absolute Gasteiger partial charge is 0.363 e. The maximum atomic E-state index is 12.1. The molecule has 2 aromatic carbocycles. The van der Waals surface area contributed by atoms with Crippen molar-refractivity contribution in [3.8, 4) is 11.5 Å². The van der Waals surface area contributed by atoms with Gasteiger partial charge in [-0.25, -0.2) is 9.79 Å². The van der Waals surface area contributed by atoms with Gasteiger partial charge in [0.1, 0.15) is 0 Å². The highest BCUT2D eigenvalue weighted by Gasteiger charge is 2.26. The number of hydrogen-bond donors (Lipinski definition) is 0. The lowest BCUT2D eigenvalue weighted by molar-refractivity contribution is -0.129. The second kappa shape index (κ2) is 5.85. The summed E-state index contributed by atoms with van der Waals surface area (Å²) in [5.74, 6) is 0.858. The SMILES string of the molecule is O=C1OC(c2cc(Cl)ccc2Cl)=NC1=Cc1ccc2c(c1)OCO2. The summed E-state index contributed by atoms with van der Waals surface area (Å²) in [4.78, 5) is 16.3. The van der Waals surface area contributed by atoms with Crippen LogP contribution in [0, 0.1) is 0 Å². The Balaban J connectivity index is 1.70. The van der Waals surface area contributed by atoms with Gasteiger partial charge in [0, 0.05) is 5.02 Å². The van der Waals surface area contributed by atoms with Crippen molar-refractivity contribution in [2.24, 2.45) is 4.99 Å². The van der Waals surface area contributed by atoms with E-state index in [1.54, 1.807) is 42.5 Å². The van der Waals surface area contributed by atoms with Gasteiger partial charge in [0.25, 0.3) is 0 Å². The molecular weight excluding hydrogens is 353 g/mol. The number of halogens is 2. The largest absolute Gasteiger partial charge is 0.454 e. The molecule has 0 atom stereocenters. The zero-order chi connectivity index (χ0) is 16.7. The fourth-order valence-electron chi connectivity index (χ4n) is 2.35. The zero-order valence-electron chi connectivity index (χ0n) is 12.1. The number of esters is 1. The predicted molar refractivity (Wildman–Crippen MR) is 89.6 cm³/mol. The van der Waals surface area contributed by atoms with E-state index in [1.165, 1.54) is 0 Å². The first-order valence-electron chi connectivity index (χ1n) is 6.98. The molecule has 5 nitrogen and oxygen atoms in total. The first kappa shape index (κ1) is 15.1. The molecule has 0 saturated carbocycles. The topological polar surface area (TPSA) is 57.1 Å². The molecule has 2 heterocycles. The number of cyclic esters (lactones) is 1. The molecule has 0 radical (unpaired) electrons. The predicted octanol–water partition coefficient (Wildman–Crippen LogP) is 4.07. The number of ether oxygens (including phenoxy) is 3. The minimum Gasteiger partial charge on any atom is -0.454 e. The Morgan fingerprint density at radius 1 is 1.04 bits per heavy atom. The van der Waals surface area contributed by atoms with Gasteiger partial charge in [-0.3, -0.25) is 0 Å². The maximum absolute atomic E-state index is 12.1. The summed E-state index contributed by atoms with van der Waals surface area (Å²) >= 11 is 12.1. The maximum Gasteiger partial charge on any atom is 0.363 e. The highest BCUT2D eigenvalue weighted by Crippen LogP contribution is 2.33. The third-order valence-electron chi connectivity index (χ3n) is 3.48. The third kappa shape index (κ3) is 2.72. The number of carbonyl (C=O) groups is 1. The monoisotopic (exact) mass is 361 g/mol. The number of aliphatic imine (C=N–C) groups is 1. The average molecular weight is 362 g/mol. The minimum absolute atomic E-state index is 0.125. The van der Waals surface area contributed by atoms with E-state index >= 15 is 0 Å². The van der Waals surface area contributed by atoms with Crippen LogP contribution in [0.2, 0.25) is 10.0 Å². The van der Waals surface area contributed by atoms with Gasteiger partial charge >= 0.3 is 5.97 Å². The van der Waals surface area contributed by atoms with Crippen molar-refractivity contribution < 1.29 is 19.0 Å². The second-order valence-electron chi connectivity index (χ2n) is 5.07. The van der Waals surface area contributed by atoms with Gasteiger partial charge in [0.2, 0.25) is 12.7 Å². The average Bonchev–Trinajstić information content (AvgIpc) is 3.16. The molecule has 0 spiro atoms. The quantitative estimate of drug-likeness (QED) is 0.597.